The van der Waals surface area contributed by atoms with Gasteiger partial charge in [-0.3, -0.25) is 9.59 Å². The maximum absolute atomic E-state index is 12.5. The lowest BCUT2D eigenvalue weighted by Crippen LogP contribution is -2.52. The zero-order valence-electron chi connectivity index (χ0n) is 15.0. The molecule has 0 saturated heterocycles. The molecule has 2 aromatic rings. The van der Waals surface area contributed by atoms with Gasteiger partial charge in [-0.1, -0.05) is 19.4 Å². The number of carboxylic acids is 1. The summed E-state index contributed by atoms with van der Waals surface area (Å²) in [5.41, 5.74) is 0.116. The van der Waals surface area contributed by atoms with Gasteiger partial charge >= 0.3 is 5.97 Å². The van der Waals surface area contributed by atoms with Gasteiger partial charge < -0.3 is 20.2 Å². The van der Waals surface area contributed by atoms with Gasteiger partial charge in [0, 0.05) is 11.3 Å². The van der Waals surface area contributed by atoms with E-state index in [1.807, 2.05) is 6.92 Å². The molecule has 0 fully saturated rings. The molecule has 3 N–H and O–H groups in total. The van der Waals surface area contributed by atoms with Crippen molar-refractivity contribution in [2.75, 3.05) is 5.32 Å². The van der Waals surface area contributed by atoms with Crippen molar-refractivity contribution >= 4 is 23.5 Å². The zero-order chi connectivity index (χ0) is 19.3. The van der Waals surface area contributed by atoms with Crippen LogP contribution in [0.1, 0.15) is 53.2 Å². The number of benzene rings is 1. The number of hydrogen-bond acceptors (Lipinski definition) is 4. The molecule has 1 unspecified atom stereocenters. The third-order valence-electron chi connectivity index (χ3n) is 4.10. The molecular weight excluding hydrogens is 336 g/mol. The molecule has 0 spiro atoms. The van der Waals surface area contributed by atoms with Crippen molar-refractivity contribution in [3.63, 3.8) is 0 Å². The van der Waals surface area contributed by atoms with Crippen LogP contribution in [0.5, 0.6) is 0 Å². The van der Waals surface area contributed by atoms with E-state index < -0.39 is 23.3 Å². The van der Waals surface area contributed by atoms with Gasteiger partial charge in [-0.25, -0.2) is 4.79 Å². The SMILES string of the molecule is CCCC(C)(NC(=O)c1ccc(C)c(NC(=O)c2ccco2)c1)C(=O)O. The standard InChI is InChI=1S/C19H22N2O5/c1-4-9-19(3,18(24)25)21-16(22)13-8-7-12(2)14(11-13)20-17(23)15-6-5-10-26-15/h5-8,10-11H,4,9H2,1-3H3,(H,20,23)(H,21,22)(H,24,25). The van der Waals surface area contributed by atoms with Crippen molar-refractivity contribution in [2.24, 2.45) is 0 Å². The summed E-state index contributed by atoms with van der Waals surface area (Å²) in [4.78, 5) is 36.1. The van der Waals surface area contributed by atoms with Crippen molar-refractivity contribution in [1.82, 2.24) is 5.32 Å². The van der Waals surface area contributed by atoms with Gasteiger partial charge in [0.2, 0.25) is 0 Å². The molecule has 0 saturated carbocycles. The number of carbonyl (C=O) groups excluding carboxylic acids is 2. The van der Waals surface area contributed by atoms with Crippen LogP contribution in [0.4, 0.5) is 5.69 Å². The molecule has 2 rings (SSSR count). The van der Waals surface area contributed by atoms with Crippen LogP contribution in [0, 0.1) is 6.92 Å². The zero-order valence-corrected chi connectivity index (χ0v) is 15.0. The summed E-state index contributed by atoms with van der Waals surface area (Å²) in [6.45, 7) is 5.11. The van der Waals surface area contributed by atoms with Crippen molar-refractivity contribution < 1.29 is 23.9 Å². The van der Waals surface area contributed by atoms with Crippen molar-refractivity contribution in [2.45, 2.75) is 39.2 Å². The maximum Gasteiger partial charge on any atom is 0.329 e. The molecule has 0 aliphatic rings. The van der Waals surface area contributed by atoms with E-state index >= 15 is 0 Å². The average molecular weight is 358 g/mol. The Kier molecular flexibility index (Phi) is 5.82. The first-order valence-electron chi connectivity index (χ1n) is 8.28. The lowest BCUT2D eigenvalue weighted by Gasteiger charge is -2.26. The highest BCUT2D eigenvalue weighted by Crippen LogP contribution is 2.20. The lowest BCUT2D eigenvalue weighted by atomic mass is 9.95. The Morgan fingerprint density at radius 3 is 2.50 bits per heavy atom. The van der Waals surface area contributed by atoms with E-state index in [0.717, 1.165) is 5.56 Å². The second-order valence-electron chi connectivity index (χ2n) is 6.30. The van der Waals surface area contributed by atoms with Crippen LogP contribution in [0.3, 0.4) is 0 Å². The Balaban J connectivity index is 2.21. The summed E-state index contributed by atoms with van der Waals surface area (Å²) in [6.07, 6.45) is 2.32. The molecule has 7 nitrogen and oxygen atoms in total. The highest BCUT2D eigenvalue weighted by atomic mass is 16.4. The lowest BCUT2D eigenvalue weighted by molar-refractivity contribution is -0.144. The number of amides is 2. The number of rotatable bonds is 7. The van der Waals surface area contributed by atoms with E-state index in [4.69, 9.17) is 4.42 Å². The van der Waals surface area contributed by atoms with Crippen LogP contribution < -0.4 is 10.6 Å². The quantitative estimate of drug-likeness (QED) is 0.704. The van der Waals surface area contributed by atoms with Crippen LogP contribution >= 0.6 is 0 Å². The van der Waals surface area contributed by atoms with Gasteiger partial charge in [0.05, 0.1) is 6.26 Å². The highest BCUT2D eigenvalue weighted by Gasteiger charge is 2.34. The van der Waals surface area contributed by atoms with Gasteiger partial charge in [-0.05, 0) is 50.1 Å². The Labute approximate surface area is 151 Å². The Morgan fingerprint density at radius 2 is 1.92 bits per heavy atom. The van der Waals surface area contributed by atoms with Gasteiger partial charge in [0.1, 0.15) is 5.54 Å². The van der Waals surface area contributed by atoms with Crippen LogP contribution in [0.15, 0.2) is 41.0 Å². The first kappa shape index (κ1) is 19.2. The molecule has 1 atom stereocenters. The highest BCUT2D eigenvalue weighted by molar-refractivity contribution is 6.04. The predicted molar refractivity (Wildman–Crippen MR) is 96.3 cm³/mol. The fourth-order valence-electron chi connectivity index (χ4n) is 2.54. The van der Waals surface area contributed by atoms with E-state index in [0.29, 0.717) is 18.5 Å². The molecule has 0 aliphatic carbocycles. The minimum Gasteiger partial charge on any atom is -0.480 e. The molecule has 1 heterocycles. The Morgan fingerprint density at radius 1 is 1.19 bits per heavy atom. The Bertz CT molecular complexity index is 813. The molecule has 26 heavy (non-hydrogen) atoms. The van der Waals surface area contributed by atoms with Crippen LogP contribution in [0.25, 0.3) is 0 Å². The Hall–Kier alpha value is -3.09. The van der Waals surface area contributed by atoms with Gasteiger partial charge in [-0.15, -0.1) is 0 Å². The number of anilines is 1. The fourth-order valence-corrected chi connectivity index (χ4v) is 2.54. The van der Waals surface area contributed by atoms with Crippen molar-refractivity contribution in [3.05, 3.63) is 53.5 Å². The number of aryl methyl sites for hydroxylation is 1. The number of furan rings is 1. The molecule has 0 radical (unpaired) electrons. The largest absolute Gasteiger partial charge is 0.480 e. The third kappa shape index (κ3) is 4.30. The van der Waals surface area contributed by atoms with Crippen molar-refractivity contribution in [1.29, 1.82) is 0 Å². The molecule has 138 valence electrons. The first-order valence-corrected chi connectivity index (χ1v) is 8.28. The first-order chi connectivity index (χ1) is 12.3. The number of hydrogen-bond donors (Lipinski definition) is 3. The summed E-state index contributed by atoms with van der Waals surface area (Å²) in [6, 6.07) is 7.92. The summed E-state index contributed by atoms with van der Waals surface area (Å²) in [5.74, 6) is -1.89. The molecule has 1 aromatic heterocycles. The average Bonchev–Trinajstić information content (AvgIpc) is 3.11. The van der Waals surface area contributed by atoms with Gasteiger partial charge in [0.25, 0.3) is 11.8 Å². The molecule has 0 bridgehead atoms. The molecule has 2 amide bonds. The number of carbonyl (C=O) groups is 3. The van der Waals surface area contributed by atoms with E-state index in [1.54, 1.807) is 25.1 Å². The molecular formula is C19H22N2O5. The van der Waals surface area contributed by atoms with E-state index in [1.165, 1.54) is 25.3 Å². The van der Waals surface area contributed by atoms with Crippen LogP contribution in [-0.4, -0.2) is 28.4 Å². The monoisotopic (exact) mass is 358 g/mol. The maximum atomic E-state index is 12.5. The number of carboxylic acid groups (broad SMARTS) is 1. The second kappa shape index (κ2) is 7.86. The van der Waals surface area contributed by atoms with E-state index in [2.05, 4.69) is 10.6 Å². The van der Waals surface area contributed by atoms with E-state index in [9.17, 15) is 19.5 Å². The third-order valence-corrected chi connectivity index (χ3v) is 4.10. The van der Waals surface area contributed by atoms with Crippen LogP contribution in [0.2, 0.25) is 0 Å². The topological polar surface area (TPSA) is 109 Å². The summed E-state index contributed by atoms with van der Waals surface area (Å²) in [7, 11) is 0. The number of aliphatic carboxylic acids is 1. The summed E-state index contributed by atoms with van der Waals surface area (Å²) in [5, 5.41) is 14.7. The predicted octanol–water partition coefficient (Wildman–Crippen LogP) is 3.21. The minimum absolute atomic E-state index is 0.153. The van der Waals surface area contributed by atoms with Crippen LogP contribution in [-0.2, 0) is 4.79 Å². The number of nitrogens with one attached hydrogen (secondary N) is 2. The van der Waals surface area contributed by atoms with Gasteiger partial charge in [0.15, 0.2) is 5.76 Å². The van der Waals surface area contributed by atoms with E-state index in [-0.39, 0.29) is 11.3 Å². The second-order valence-corrected chi connectivity index (χ2v) is 6.30. The molecule has 1 aromatic carbocycles. The fraction of sp³-hybridized carbons (Fsp3) is 0.316. The smallest absolute Gasteiger partial charge is 0.329 e. The summed E-state index contributed by atoms with van der Waals surface area (Å²) >= 11 is 0. The molecule has 7 heteroatoms. The normalized spacial score (nSPS) is 12.9. The van der Waals surface area contributed by atoms with Crippen molar-refractivity contribution in [3.8, 4) is 0 Å². The van der Waals surface area contributed by atoms with Gasteiger partial charge in [-0.2, -0.15) is 0 Å². The molecule has 0 aliphatic heterocycles. The minimum atomic E-state index is -1.35. The summed E-state index contributed by atoms with van der Waals surface area (Å²) < 4.78 is 5.05.